The van der Waals surface area contributed by atoms with E-state index in [4.69, 9.17) is 10.5 Å². The molecule has 3 nitrogen and oxygen atoms in total. The van der Waals surface area contributed by atoms with E-state index in [1.807, 2.05) is 19.9 Å². The highest BCUT2D eigenvalue weighted by Crippen LogP contribution is 2.21. The van der Waals surface area contributed by atoms with Crippen molar-refractivity contribution in [2.24, 2.45) is 11.7 Å². The molecule has 0 aliphatic rings. The van der Waals surface area contributed by atoms with Crippen molar-refractivity contribution in [3.05, 3.63) is 22.3 Å². The number of halogens is 1. The second-order valence-corrected chi connectivity index (χ2v) is 6.23. The number of hydrogen-bond donors (Lipinski definition) is 1. The lowest BCUT2D eigenvalue weighted by Crippen LogP contribution is -2.43. The molecule has 1 aromatic heterocycles. The van der Waals surface area contributed by atoms with Gasteiger partial charge >= 0.3 is 0 Å². The maximum atomic E-state index is 6.18. The first kappa shape index (κ1) is 14.5. The van der Waals surface area contributed by atoms with Crippen LogP contribution in [0.1, 0.15) is 32.8 Å². The first-order valence-corrected chi connectivity index (χ1v) is 6.63. The Labute approximate surface area is 112 Å². The minimum atomic E-state index is -0.310. The van der Waals surface area contributed by atoms with Gasteiger partial charge in [-0.1, -0.05) is 13.8 Å². The van der Waals surface area contributed by atoms with E-state index in [2.05, 4.69) is 34.8 Å². The predicted molar refractivity (Wildman–Crippen MR) is 74.2 cm³/mol. The van der Waals surface area contributed by atoms with Crippen LogP contribution in [0.2, 0.25) is 0 Å². The highest BCUT2D eigenvalue weighted by molar-refractivity contribution is 9.10. The van der Waals surface area contributed by atoms with Gasteiger partial charge in [0, 0.05) is 21.8 Å². The van der Waals surface area contributed by atoms with Crippen molar-refractivity contribution in [2.45, 2.75) is 39.7 Å². The number of pyridine rings is 1. The predicted octanol–water partition coefficient (Wildman–Crippen LogP) is 3.29. The molecule has 96 valence electrons. The molecule has 0 radical (unpaired) electrons. The Morgan fingerprint density at radius 2 is 2.18 bits per heavy atom. The molecule has 0 bridgehead atoms. The fourth-order valence-corrected chi connectivity index (χ4v) is 2.35. The molecule has 1 heterocycles. The van der Waals surface area contributed by atoms with Crippen molar-refractivity contribution >= 4 is 15.9 Å². The van der Waals surface area contributed by atoms with E-state index >= 15 is 0 Å². The fraction of sp³-hybridized carbons (Fsp3) is 0.615. The van der Waals surface area contributed by atoms with Gasteiger partial charge in [0.2, 0.25) is 5.88 Å². The van der Waals surface area contributed by atoms with Gasteiger partial charge in [-0.2, -0.15) is 0 Å². The monoisotopic (exact) mass is 300 g/mol. The van der Waals surface area contributed by atoms with Crippen LogP contribution in [0.5, 0.6) is 5.88 Å². The zero-order chi connectivity index (χ0) is 13.1. The molecule has 0 saturated carbocycles. The van der Waals surface area contributed by atoms with Gasteiger partial charge in [0.25, 0.3) is 0 Å². The van der Waals surface area contributed by atoms with E-state index in [9.17, 15) is 0 Å². The van der Waals surface area contributed by atoms with Crippen molar-refractivity contribution < 1.29 is 4.74 Å². The van der Waals surface area contributed by atoms with Crippen LogP contribution < -0.4 is 10.5 Å². The summed E-state index contributed by atoms with van der Waals surface area (Å²) in [7, 11) is 0. The Morgan fingerprint density at radius 3 is 2.71 bits per heavy atom. The van der Waals surface area contributed by atoms with E-state index in [1.165, 1.54) is 0 Å². The molecule has 0 saturated heterocycles. The number of nitrogens with zero attached hydrogens (tertiary/aromatic N) is 1. The van der Waals surface area contributed by atoms with Crippen molar-refractivity contribution in [3.8, 4) is 5.88 Å². The average molecular weight is 301 g/mol. The van der Waals surface area contributed by atoms with E-state index in [0.29, 0.717) is 18.4 Å². The smallest absolute Gasteiger partial charge is 0.216 e. The first-order valence-electron chi connectivity index (χ1n) is 5.84. The largest absolute Gasteiger partial charge is 0.476 e. The molecule has 0 spiro atoms. The minimum Gasteiger partial charge on any atom is -0.476 e. The summed E-state index contributed by atoms with van der Waals surface area (Å²) < 4.78 is 6.66. The van der Waals surface area contributed by atoms with Gasteiger partial charge in [0.15, 0.2) is 0 Å². The minimum absolute atomic E-state index is 0.310. The zero-order valence-electron chi connectivity index (χ0n) is 11.0. The van der Waals surface area contributed by atoms with Gasteiger partial charge in [-0.15, -0.1) is 0 Å². The number of rotatable bonds is 5. The fourth-order valence-electron chi connectivity index (χ4n) is 1.90. The summed E-state index contributed by atoms with van der Waals surface area (Å²) in [5.74, 6) is 1.22. The summed E-state index contributed by atoms with van der Waals surface area (Å²) >= 11 is 3.38. The Bertz CT molecular complexity index is 378. The van der Waals surface area contributed by atoms with Gasteiger partial charge in [0.05, 0.1) is 0 Å². The van der Waals surface area contributed by atoms with Crippen LogP contribution in [0, 0.1) is 12.8 Å². The van der Waals surface area contributed by atoms with Crippen LogP contribution in [0.4, 0.5) is 0 Å². The quantitative estimate of drug-likeness (QED) is 0.908. The molecule has 2 N–H and O–H groups in total. The third-order valence-electron chi connectivity index (χ3n) is 2.41. The summed E-state index contributed by atoms with van der Waals surface area (Å²) in [5, 5.41) is 0. The van der Waals surface area contributed by atoms with Crippen LogP contribution >= 0.6 is 15.9 Å². The van der Waals surface area contributed by atoms with Gasteiger partial charge in [-0.25, -0.2) is 4.98 Å². The summed E-state index contributed by atoms with van der Waals surface area (Å²) in [6, 6.07) is 1.98. The molecule has 4 heteroatoms. The van der Waals surface area contributed by atoms with Crippen molar-refractivity contribution in [2.75, 3.05) is 6.61 Å². The lowest BCUT2D eigenvalue weighted by atomic mass is 9.93. The van der Waals surface area contributed by atoms with Crippen LogP contribution in [-0.4, -0.2) is 17.1 Å². The molecule has 0 amide bonds. The molecule has 1 atom stereocenters. The van der Waals surface area contributed by atoms with Crippen LogP contribution in [0.25, 0.3) is 0 Å². The molecule has 0 aromatic carbocycles. The first-order chi connectivity index (χ1) is 7.80. The Balaban J connectivity index is 2.61. The van der Waals surface area contributed by atoms with Crippen molar-refractivity contribution in [1.82, 2.24) is 4.98 Å². The van der Waals surface area contributed by atoms with E-state index in [-0.39, 0.29) is 5.54 Å². The van der Waals surface area contributed by atoms with Crippen LogP contribution in [-0.2, 0) is 0 Å². The molecular weight excluding hydrogens is 280 g/mol. The van der Waals surface area contributed by atoms with Gasteiger partial charge < -0.3 is 10.5 Å². The standard InChI is InChI=1S/C13H21BrN2O/c1-9(2)6-13(4,15)8-17-12-10(3)5-11(14)7-16-12/h5,7,9H,6,8,15H2,1-4H3/t13-/m1/s1. The number of hydrogen-bond acceptors (Lipinski definition) is 3. The maximum absolute atomic E-state index is 6.18. The second kappa shape index (κ2) is 5.83. The number of ether oxygens (including phenoxy) is 1. The second-order valence-electron chi connectivity index (χ2n) is 5.32. The molecule has 1 aromatic rings. The normalized spacial score (nSPS) is 14.8. The molecule has 0 fully saturated rings. The summed E-state index contributed by atoms with van der Waals surface area (Å²) in [6.07, 6.45) is 2.67. The van der Waals surface area contributed by atoms with E-state index in [1.54, 1.807) is 6.20 Å². The topological polar surface area (TPSA) is 48.1 Å². The Hall–Kier alpha value is -0.610. The third-order valence-corrected chi connectivity index (χ3v) is 2.84. The molecular formula is C13H21BrN2O. The van der Waals surface area contributed by atoms with Crippen molar-refractivity contribution in [3.63, 3.8) is 0 Å². The highest BCUT2D eigenvalue weighted by atomic mass is 79.9. The molecule has 0 unspecified atom stereocenters. The summed E-state index contributed by atoms with van der Waals surface area (Å²) in [6.45, 7) is 8.80. The maximum Gasteiger partial charge on any atom is 0.216 e. The Morgan fingerprint density at radius 1 is 1.53 bits per heavy atom. The highest BCUT2D eigenvalue weighted by Gasteiger charge is 2.21. The van der Waals surface area contributed by atoms with Crippen molar-refractivity contribution in [1.29, 1.82) is 0 Å². The van der Waals surface area contributed by atoms with Gasteiger partial charge in [0.1, 0.15) is 6.61 Å². The number of aryl methyl sites for hydroxylation is 1. The molecule has 0 aliphatic carbocycles. The lowest BCUT2D eigenvalue weighted by molar-refractivity contribution is 0.199. The molecule has 1 rings (SSSR count). The summed E-state index contributed by atoms with van der Waals surface area (Å²) in [5.41, 5.74) is 6.89. The van der Waals surface area contributed by atoms with E-state index in [0.717, 1.165) is 16.5 Å². The SMILES string of the molecule is Cc1cc(Br)cnc1OC[C@](C)(N)CC(C)C. The van der Waals surface area contributed by atoms with Crippen LogP contribution in [0.3, 0.4) is 0 Å². The van der Waals surface area contributed by atoms with Gasteiger partial charge in [-0.05, 0) is 48.2 Å². The zero-order valence-corrected chi connectivity index (χ0v) is 12.5. The summed E-state index contributed by atoms with van der Waals surface area (Å²) in [4.78, 5) is 4.24. The molecule has 0 aliphatic heterocycles. The van der Waals surface area contributed by atoms with Gasteiger partial charge in [-0.3, -0.25) is 0 Å². The number of nitrogens with two attached hydrogens (primary N) is 1. The Kier molecular flexibility index (Phi) is 4.95. The average Bonchev–Trinajstić information content (AvgIpc) is 2.14. The molecule has 17 heavy (non-hydrogen) atoms. The number of aromatic nitrogens is 1. The third kappa shape index (κ3) is 5.04. The lowest BCUT2D eigenvalue weighted by Gasteiger charge is -2.26. The van der Waals surface area contributed by atoms with Crippen LogP contribution in [0.15, 0.2) is 16.7 Å². The van der Waals surface area contributed by atoms with E-state index < -0.39 is 0 Å².